The van der Waals surface area contributed by atoms with Crippen molar-refractivity contribution in [3.63, 3.8) is 0 Å². The molecule has 124 valence electrons. The van der Waals surface area contributed by atoms with E-state index in [0.717, 1.165) is 12.8 Å². The first-order valence-corrected chi connectivity index (χ1v) is 8.25. The minimum Gasteiger partial charge on any atom is -0.511 e. The Morgan fingerprint density at radius 1 is 1.09 bits per heavy atom. The van der Waals surface area contributed by atoms with Gasteiger partial charge in [0.05, 0.1) is 22.7 Å². The second-order valence-corrected chi connectivity index (χ2v) is 9.26. The monoisotopic (exact) mass is 307 g/mol. The lowest BCUT2D eigenvalue weighted by Crippen LogP contribution is -3.05. The van der Waals surface area contributed by atoms with Crippen LogP contribution in [0, 0.1) is 5.41 Å². The van der Waals surface area contributed by atoms with Crippen molar-refractivity contribution in [2.75, 3.05) is 0 Å². The predicted molar refractivity (Wildman–Crippen MR) is 89.3 cm³/mol. The zero-order valence-electron chi connectivity index (χ0n) is 14.9. The molecule has 0 unspecified atom stereocenters. The zero-order valence-corrected chi connectivity index (χ0v) is 14.9. The number of hydrogen-bond acceptors (Lipinski definition) is 3. The number of Topliss-reactive ketones (excluding diaryl/α,β-unsaturated/α-hetero) is 1. The summed E-state index contributed by atoms with van der Waals surface area (Å²) in [5.74, 6) is 0.212. The molecule has 1 aliphatic carbocycles. The highest BCUT2D eigenvalue weighted by atomic mass is 16.3. The number of hydrogen-bond donors (Lipinski definition) is 2. The van der Waals surface area contributed by atoms with Gasteiger partial charge in [0, 0.05) is 31.9 Å². The minimum absolute atomic E-state index is 0.0124. The molecule has 22 heavy (non-hydrogen) atoms. The molecule has 0 radical (unpaired) electrons. The number of carbonyl (C=O) groups is 1. The number of nitrogens with zero attached hydrogens (tertiary/aromatic N) is 1. The molecule has 0 aromatic heterocycles. The molecular formula is C18H31N2O2+. The molecule has 2 aliphatic rings. The van der Waals surface area contributed by atoms with Crippen LogP contribution in [0.2, 0.25) is 0 Å². The quantitative estimate of drug-likeness (QED) is 0.770. The van der Waals surface area contributed by atoms with Crippen molar-refractivity contribution in [2.24, 2.45) is 10.4 Å². The van der Waals surface area contributed by atoms with Crippen molar-refractivity contribution in [1.82, 2.24) is 0 Å². The van der Waals surface area contributed by atoms with Crippen molar-refractivity contribution in [3.8, 4) is 0 Å². The van der Waals surface area contributed by atoms with Gasteiger partial charge in [-0.2, -0.15) is 0 Å². The second-order valence-electron chi connectivity index (χ2n) is 9.26. The molecule has 0 saturated carbocycles. The van der Waals surface area contributed by atoms with Crippen LogP contribution in [0.1, 0.15) is 67.2 Å². The van der Waals surface area contributed by atoms with Crippen LogP contribution in [-0.4, -0.2) is 34.2 Å². The summed E-state index contributed by atoms with van der Waals surface area (Å²) in [4.78, 5) is 16.9. The highest BCUT2D eigenvalue weighted by Crippen LogP contribution is 2.35. The van der Waals surface area contributed by atoms with Gasteiger partial charge in [0.25, 0.3) is 0 Å². The van der Waals surface area contributed by atoms with Crippen molar-refractivity contribution in [1.29, 1.82) is 0 Å². The molecule has 0 atom stereocenters. The normalized spacial score (nSPS) is 28.4. The van der Waals surface area contributed by atoms with E-state index in [9.17, 15) is 9.90 Å². The molecule has 0 spiro atoms. The number of allylic oxidation sites excluding steroid dienone is 2. The lowest BCUT2D eigenvalue weighted by atomic mass is 9.76. The highest BCUT2D eigenvalue weighted by molar-refractivity contribution is 6.14. The van der Waals surface area contributed by atoms with Crippen LogP contribution in [0.4, 0.5) is 0 Å². The Labute approximate surface area is 134 Å². The smallest absolute Gasteiger partial charge is 0.168 e. The van der Waals surface area contributed by atoms with E-state index in [4.69, 9.17) is 0 Å². The number of ketones is 1. The Hall–Kier alpha value is -1.16. The summed E-state index contributed by atoms with van der Waals surface area (Å²) in [5.41, 5.74) is 0.573. The van der Waals surface area contributed by atoms with Gasteiger partial charge in [-0.1, -0.05) is 13.8 Å². The van der Waals surface area contributed by atoms with Crippen LogP contribution in [0.15, 0.2) is 16.3 Å². The maximum Gasteiger partial charge on any atom is 0.168 e. The molecule has 1 fully saturated rings. The van der Waals surface area contributed by atoms with E-state index >= 15 is 0 Å². The number of piperidine rings is 1. The van der Waals surface area contributed by atoms with Crippen LogP contribution < -0.4 is 5.32 Å². The van der Waals surface area contributed by atoms with E-state index < -0.39 is 0 Å². The molecule has 2 rings (SSSR count). The number of carbonyl (C=O) groups excluding carboxylic acids is 1. The van der Waals surface area contributed by atoms with E-state index in [-0.39, 0.29) is 34.1 Å². The Kier molecular flexibility index (Phi) is 4.29. The Balaban J connectivity index is 2.16. The summed E-state index contributed by atoms with van der Waals surface area (Å²) < 4.78 is 0. The van der Waals surface area contributed by atoms with Gasteiger partial charge in [-0.25, -0.2) is 0 Å². The number of aliphatic hydroxyl groups excluding tert-OH is 1. The summed E-state index contributed by atoms with van der Waals surface area (Å²) in [5, 5.41) is 12.6. The third-order valence-electron chi connectivity index (χ3n) is 4.62. The van der Waals surface area contributed by atoms with E-state index in [2.05, 4.69) is 38.0 Å². The van der Waals surface area contributed by atoms with Crippen molar-refractivity contribution in [3.05, 3.63) is 11.3 Å². The van der Waals surface area contributed by atoms with Crippen LogP contribution in [-0.2, 0) is 4.79 Å². The summed E-state index contributed by atoms with van der Waals surface area (Å²) in [7, 11) is 0. The molecule has 4 heteroatoms. The summed E-state index contributed by atoms with van der Waals surface area (Å²) in [6.45, 7) is 13.0. The SMILES string of the molecule is CC1(C)CC(=O)C(C=NC2CC(C)(C)[NH2+]C(C)(C)C2)=C(O)C1. The fourth-order valence-electron chi connectivity index (χ4n) is 4.20. The molecule has 1 aliphatic heterocycles. The van der Waals surface area contributed by atoms with Crippen molar-refractivity contribution < 1.29 is 15.2 Å². The van der Waals surface area contributed by atoms with Crippen LogP contribution in [0.5, 0.6) is 0 Å². The lowest BCUT2D eigenvalue weighted by Gasteiger charge is -2.41. The van der Waals surface area contributed by atoms with E-state index in [0.29, 0.717) is 18.4 Å². The van der Waals surface area contributed by atoms with Crippen LogP contribution in [0.3, 0.4) is 0 Å². The maximum absolute atomic E-state index is 12.2. The standard InChI is InChI=1S/C18H30N2O2/c1-16(2)9-14(21)13(15(22)10-16)11-19-12-7-17(3,4)20-18(5,6)8-12/h11-12,20-21H,7-10H2,1-6H3/p+1. The topological polar surface area (TPSA) is 66.3 Å². The van der Waals surface area contributed by atoms with E-state index in [1.165, 1.54) is 0 Å². The average Bonchev–Trinajstić information content (AvgIpc) is 2.21. The highest BCUT2D eigenvalue weighted by Gasteiger charge is 2.41. The molecular weight excluding hydrogens is 276 g/mol. The Morgan fingerprint density at radius 2 is 1.64 bits per heavy atom. The number of aliphatic imine (C=N–C) groups is 1. The second kappa shape index (κ2) is 5.48. The summed E-state index contributed by atoms with van der Waals surface area (Å²) >= 11 is 0. The average molecular weight is 307 g/mol. The van der Waals surface area contributed by atoms with Gasteiger partial charge in [-0.3, -0.25) is 9.79 Å². The first-order chi connectivity index (χ1) is 9.89. The Morgan fingerprint density at radius 3 is 2.14 bits per heavy atom. The zero-order chi connectivity index (χ0) is 16.8. The third kappa shape index (κ3) is 4.19. The number of quaternary nitrogens is 1. The minimum atomic E-state index is -0.151. The largest absolute Gasteiger partial charge is 0.511 e. The molecule has 0 aromatic carbocycles. The Bertz CT molecular complexity index is 511. The predicted octanol–water partition coefficient (Wildman–Crippen LogP) is 2.54. The van der Waals surface area contributed by atoms with Gasteiger partial charge in [-0.05, 0) is 33.1 Å². The summed E-state index contributed by atoms with van der Waals surface area (Å²) in [6.07, 6.45) is 4.64. The molecule has 1 heterocycles. The number of nitrogens with two attached hydrogens (primary N) is 1. The van der Waals surface area contributed by atoms with Crippen molar-refractivity contribution >= 4 is 12.0 Å². The van der Waals surface area contributed by atoms with Gasteiger partial charge in [-0.15, -0.1) is 0 Å². The first kappa shape index (κ1) is 17.2. The van der Waals surface area contributed by atoms with Crippen LogP contribution in [0.25, 0.3) is 0 Å². The van der Waals surface area contributed by atoms with E-state index in [1.807, 2.05) is 13.8 Å². The first-order valence-electron chi connectivity index (χ1n) is 8.25. The summed E-state index contributed by atoms with van der Waals surface area (Å²) in [6, 6.07) is 0.207. The maximum atomic E-state index is 12.2. The third-order valence-corrected chi connectivity index (χ3v) is 4.62. The lowest BCUT2D eigenvalue weighted by molar-refractivity contribution is -0.787. The van der Waals surface area contributed by atoms with Gasteiger partial charge in [0.15, 0.2) is 5.78 Å². The molecule has 4 nitrogen and oxygen atoms in total. The fraction of sp³-hybridized carbons (Fsp3) is 0.778. The number of rotatable bonds is 2. The molecule has 0 amide bonds. The molecule has 0 aromatic rings. The van der Waals surface area contributed by atoms with Gasteiger partial charge >= 0.3 is 0 Å². The van der Waals surface area contributed by atoms with Gasteiger partial charge < -0.3 is 10.4 Å². The van der Waals surface area contributed by atoms with E-state index in [1.54, 1.807) is 6.21 Å². The molecule has 0 bridgehead atoms. The van der Waals surface area contributed by atoms with Gasteiger partial charge in [0.1, 0.15) is 5.76 Å². The van der Waals surface area contributed by atoms with Gasteiger partial charge in [0.2, 0.25) is 0 Å². The number of aliphatic hydroxyl groups is 1. The fourth-order valence-corrected chi connectivity index (χ4v) is 4.20. The molecule has 3 N–H and O–H groups in total. The molecule has 1 saturated heterocycles. The van der Waals surface area contributed by atoms with Crippen molar-refractivity contribution in [2.45, 2.75) is 84.3 Å². The van der Waals surface area contributed by atoms with Crippen LogP contribution >= 0.6 is 0 Å².